The van der Waals surface area contributed by atoms with E-state index in [1.54, 1.807) is 34.6 Å². The quantitative estimate of drug-likeness (QED) is 0.244. The van der Waals surface area contributed by atoms with Crippen LogP contribution in [0.5, 0.6) is 0 Å². The van der Waals surface area contributed by atoms with E-state index in [4.69, 9.17) is 28.4 Å². The van der Waals surface area contributed by atoms with Crippen molar-refractivity contribution in [2.24, 2.45) is 17.8 Å². The second kappa shape index (κ2) is 17.4. The van der Waals surface area contributed by atoms with Crippen molar-refractivity contribution in [1.82, 2.24) is 10.2 Å². The predicted octanol–water partition coefficient (Wildman–Crippen LogP) is 2.59. The minimum absolute atomic E-state index is 0.0328. The highest BCUT2D eigenvalue weighted by atomic mass is 16.7. The summed E-state index contributed by atoms with van der Waals surface area (Å²) < 4.78 is 37.6. The Bertz CT molecular complexity index is 1080. The number of carbonyl (C=O) groups excluding carboxylic acids is 1. The van der Waals surface area contributed by atoms with Crippen molar-refractivity contribution < 1.29 is 53.6 Å². The Kier molecular flexibility index (Phi) is 15.2. The number of carbonyl (C=O) groups is 1. The zero-order chi connectivity index (χ0) is 37.9. The minimum atomic E-state index is -1.48. The average molecular weight is 719 g/mol. The zero-order valence-electron chi connectivity index (χ0n) is 32.9. The molecule has 3 heterocycles. The summed E-state index contributed by atoms with van der Waals surface area (Å²) in [5.74, 6) is -2.22. The molecule has 294 valence electrons. The molecular weight excluding hydrogens is 648 g/mol. The second-order valence-corrected chi connectivity index (χ2v) is 16.7. The maximum Gasteiger partial charge on any atom is 0.311 e. The Balaban J connectivity index is 2.13. The van der Waals surface area contributed by atoms with Gasteiger partial charge in [0, 0.05) is 31.5 Å². The van der Waals surface area contributed by atoms with E-state index in [9.17, 15) is 25.2 Å². The molecular formula is C37H70N2O11. The van der Waals surface area contributed by atoms with Crippen molar-refractivity contribution in [1.29, 1.82) is 0 Å². The Morgan fingerprint density at radius 3 is 2.16 bits per heavy atom. The molecule has 0 bridgehead atoms. The van der Waals surface area contributed by atoms with Gasteiger partial charge >= 0.3 is 5.97 Å². The van der Waals surface area contributed by atoms with Gasteiger partial charge in [-0.25, -0.2) is 0 Å². The SMILES string of the molecule is CC[C@@H]1OC(=O)[C@H](C)[C@@H](O[C@H]2C[C@@](C)(OC)[C@@H](O)[C@H](C)O2)[C@H](C)[C@@H](O[C@@H]2O[C@H](C)C[C@H](N(C)C)[C@H]2O)[C@@](C)(O)C[C@H](C)CN[C@H](C)C[C@]1(C)O. The summed E-state index contributed by atoms with van der Waals surface area (Å²) in [4.78, 5) is 16.0. The maximum atomic E-state index is 14.1. The number of nitrogens with one attached hydrogen (secondary N) is 1. The molecule has 13 nitrogen and oxygen atoms in total. The van der Waals surface area contributed by atoms with Gasteiger partial charge < -0.3 is 59.1 Å². The van der Waals surface area contributed by atoms with Crippen molar-refractivity contribution in [3.05, 3.63) is 0 Å². The van der Waals surface area contributed by atoms with Crippen LogP contribution < -0.4 is 5.32 Å². The van der Waals surface area contributed by atoms with Gasteiger partial charge in [0.15, 0.2) is 12.6 Å². The number of likely N-dealkylation sites (N-methyl/N-ethyl adjacent to an activating group) is 1. The first-order chi connectivity index (χ1) is 23.1. The molecule has 0 spiro atoms. The number of rotatable bonds is 7. The highest BCUT2D eigenvalue weighted by Gasteiger charge is 2.51. The number of aliphatic hydroxyl groups is 4. The highest BCUT2D eigenvalue weighted by Crippen LogP contribution is 2.39. The third-order valence-corrected chi connectivity index (χ3v) is 11.4. The van der Waals surface area contributed by atoms with Gasteiger partial charge in [-0.3, -0.25) is 4.79 Å². The van der Waals surface area contributed by atoms with Crippen molar-refractivity contribution in [2.45, 2.75) is 186 Å². The predicted molar refractivity (Wildman–Crippen MR) is 188 cm³/mol. The van der Waals surface area contributed by atoms with Gasteiger partial charge in [-0.2, -0.15) is 0 Å². The van der Waals surface area contributed by atoms with Gasteiger partial charge in [0.05, 0.1) is 41.5 Å². The van der Waals surface area contributed by atoms with Crippen molar-refractivity contribution in [3.63, 3.8) is 0 Å². The lowest BCUT2D eigenvalue weighted by atomic mass is 9.77. The molecule has 3 saturated heterocycles. The van der Waals surface area contributed by atoms with E-state index >= 15 is 0 Å². The monoisotopic (exact) mass is 718 g/mol. The fourth-order valence-corrected chi connectivity index (χ4v) is 8.43. The van der Waals surface area contributed by atoms with E-state index in [-0.39, 0.29) is 30.5 Å². The molecule has 3 fully saturated rings. The third kappa shape index (κ3) is 10.4. The summed E-state index contributed by atoms with van der Waals surface area (Å²) >= 11 is 0. The molecule has 50 heavy (non-hydrogen) atoms. The summed E-state index contributed by atoms with van der Waals surface area (Å²) in [6.45, 7) is 18.8. The van der Waals surface area contributed by atoms with Crippen molar-refractivity contribution >= 4 is 5.97 Å². The molecule has 0 unspecified atom stereocenters. The smallest absolute Gasteiger partial charge is 0.311 e. The van der Waals surface area contributed by atoms with E-state index in [1.165, 1.54) is 7.11 Å². The number of methoxy groups -OCH3 is 1. The van der Waals surface area contributed by atoms with Crippen LogP contribution in [0.25, 0.3) is 0 Å². The second-order valence-electron chi connectivity index (χ2n) is 16.7. The molecule has 17 atom stereocenters. The van der Waals surface area contributed by atoms with Crippen LogP contribution in [0.1, 0.15) is 101 Å². The number of hydrogen-bond donors (Lipinski definition) is 5. The van der Waals surface area contributed by atoms with E-state index in [1.807, 2.05) is 53.6 Å². The molecule has 3 rings (SSSR count). The van der Waals surface area contributed by atoms with E-state index in [0.29, 0.717) is 32.2 Å². The fourth-order valence-electron chi connectivity index (χ4n) is 8.43. The zero-order valence-corrected chi connectivity index (χ0v) is 32.9. The lowest BCUT2D eigenvalue weighted by Crippen LogP contribution is -2.60. The number of nitrogens with zero attached hydrogens (tertiary/aromatic N) is 1. The normalized spacial score (nSPS) is 49.2. The van der Waals surface area contributed by atoms with Gasteiger partial charge in [-0.05, 0) is 101 Å². The maximum absolute atomic E-state index is 14.1. The number of aliphatic hydroxyl groups excluding tert-OH is 2. The third-order valence-electron chi connectivity index (χ3n) is 11.4. The van der Waals surface area contributed by atoms with Crippen LogP contribution in [0.4, 0.5) is 0 Å². The Hall–Kier alpha value is -0.970. The first-order valence-electron chi connectivity index (χ1n) is 18.6. The molecule has 0 aromatic carbocycles. The Morgan fingerprint density at radius 2 is 1.58 bits per heavy atom. The summed E-state index contributed by atoms with van der Waals surface area (Å²) in [6.07, 6.45) is -5.68. The first-order valence-corrected chi connectivity index (χ1v) is 18.6. The largest absolute Gasteiger partial charge is 0.459 e. The molecule has 0 aromatic heterocycles. The lowest BCUT2D eigenvalue weighted by Gasteiger charge is -2.48. The van der Waals surface area contributed by atoms with Crippen LogP contribution in [0.2, 0.25) is 0 Å². The summed E-state index contributed by atoms with van der Waals surface area (Å²) in [5, 5.41) is 49.8. The average Bonchev–Trinajstić information content (AvgIpc) is 3.02. The van der Waals surface area contributed by atoms with Crippen LogP contribution in [-0.2, 0) is 33.2 Å². The van der Waals surface area contributed by atoms with E-state index in [0.717, 1.165) is 0 Å². The summed E-state index contributed by atoms with van der Waals surface area (Å²) in [5.41, 5.74) is -3.79. The van der Waals surface area contributed by atoms with Crippen LogP contribution >= 0.6 is 0 Å². The van der Waals surface area contributed by atoms with Crippen LogP contribution in [0, 0.1) is 17.8 Å². The molecule has 3 aliphatic rings. The minimum Gasteiger partial charge on any atom is -0.459 e. The molecule has 0 amide bonds. The van der Waals surface area contributed by atoms with Gasteiger partial charge in [0.2, 0.25) is 0 Å². The van der Waals surface area contributed by atoms with Gasteiger partial charge in [0.25, 0.3) is 0 Å². The molecule has 0 aromatic rings. The van der Waals surface area contributed by atoms with Crippen LogP contribution in [0.3, 0.4) is 0 Å². The molecule has 13 heteroatoms. The van der Waals surface area contributed by atoms with Gasteiger partial charge in [-0.15, -0.1) is 0 Å². The van der Waals surface area contributed by atoms with Crippen molar-refractivity contribution in [3.8, 4) is 0 Å². The van der Waals surface area contributed by atoms with E-state index < -0.39 is 83.8 Å². The van der Waals surface area contributed by atoms with E-state index in [2.05, 4.69) is 5.32 Å². The van der Waals surface area contributed by atoms with Gasteiger partial charge in [-0.1, -0.05) is 20.8 Å². The molecule has 0 saturated carbocycles. The number of ether oxygens (including phenoxy) is 6. The van der Waals surface area contributed by atoms with Gasteiger partial charge in [0.1, 0.15) is 23.9 Å². The summed E-state index contributed by atoms with van der Waals surface area (Å²) in [7, 11) is 5.32. The molecule has 5 N–H and O–H groups in total. The standard InChI is InChI=1S/C37H70N2O11/c1-14-27-35(8,43)17-21(3)38-19-20(2)16-36(9,44)32(50-34-29(40)26(39(11)12)15-22(4)46-34)23(5)30(24(6)33(42)48-27)49-28-18-37(10,45-13)31(41)25(7)47-28/h20-32,34,38,40-41,43-44H,14-19H2,1-13H3/t20-,21+,22+,23-,24+,25-,26-,27-,28-,29+,30-,31-,32+,34-,35-,36-,37+/m0/s1. The van der Waals surface area contributed by atoms with Crippen LogP contribution in [0.15, 0.2) is 0 Å². The lowest BCUT2D eigenvalue weighted by molar-refractivity contribution is -0.318. The number of hydrogen-bond acceptors (Lipinski definition) is 13. The molecule has 0 radical (unpaired) electrons. The number of esters is 1. The Morgan fingerprint density at radius 1 is 0.940 bits per heavy atom. The number of cyclic esters (lactones) is 1. The first kappa shape index (κ1) is 43.4. The molecule has 3 aliphatic heterocycles. The van der Waals surface area contributed by atoms with Crippen LogP contribution in [-0.4, -0.2) is 143 Å². The van der Waals surface area contributed by atoms with Crippen molar-refractivity contribution in [2.75, 3.05) is 27.7 Å². The highest BCUT2D eigenvalue weighted by molar-refractivity contribution is 5.73. The topological polar surface area (TPSA) is 169 Å². The molecule has 0 aliphatic carbocycles. The summed E-state index contributed by atoms with van der Waals surface area (Å²) in [6, 6.07) is -0.355. The fraction of sp³-hybridized carbons (Fsp3) is 0.973. The Labute approximate surface area is 300 Å².